The van der Waals surface area contributed by atoms with Crippen molar-refractivity contribution in [2.24, 2.45) is 0 Å². The van der Waals surface area contributed by atoms with E-state index in [1.54, 1.807) is 0 Å². The van der Waals surface area contributed by atoms with Crippen molar-refractivity contribution >= 4 is 15.9 Å². The summed E-state index contributed by atoms with van der Waals surface area (Å²) in [6.45, 7) is 3.68. The van der Waals surface area contributed by atoms with Gasteiger partial charge in [0.25, 0.3) is 0 Å². The van der Waals surface area contributed by atoms with Crippen LogP contribution in [0.15, 0.2) is 12.1 Å². The van der Waals surface area contributed by atoms with Crippen LogP contribution in [-0.2, 0) is 0 Å². The Hall–Kier alpha value is -0.510. The second-order valence-corrected chi connectivity index (χ2v) is 4.71. The highest BCUT2D eigenvalue weighted by Crippen LogP contribution is 2.26. The van der Waals surface area contributed by atoms with Gasteiger partial charge in [0.05, 0.1) is 0 Å². The first-order chi connectivity index (χ1) is 6.43. The van der Waals surface area contributed by atoms with E-state index < -0.39 is 17.5 Å². The first kappa shape index (κ1) is 11.6. The molecule has 2 atom stereocenters. The highest BCUT2D eigenvalue weighted by molar-refractivity contribution is 9.09. The summed E-state index contributed by atoms with van der Waals surface area (Å²) >= 11 is 3.31. The third kappa shape index (κ3) is 2.29. The van der Waals surface area contributed by atoms with E-state index in [4.69, 9.17) is 0 Å². The number of alkyl halides is 1. The molecule has 0 aliphatic heterocycles. The smallest absolute Gasteiger partial charge is 0.194 e. The molecule has 0 bridgehead atoms. The molecule has 0 saturated heterocycles. The quantitative estimate of drug-likeness (QED) is 0.561. The molecule has 0 amide bonds. The van der Waals surface area contributed by atoms with Gasteiger partial charge in [0, 0.05) is 4.83 Å². The summed E-state index contributed by atoms with van der Waals surface area (Å²) in [6.07, 6.45) is 0. The van der Waals surface area contributed by atoms with E-state index in [9.17, 15) is 13.2 Å². The van der Waals surface area contributed by atoms with Crippen LogP contribution < -0.4 is 0 Å². The zero-order valence-corrected chi connectivity index (χ0v) is 9.41. The number of benzene rings is 1. The van der Waals surface area contributed by atoms with Crippen molar-refractivity contribution in [1.82, 2.24) is 0 Å². The number of rotatable bonds is 2. The predicted octanol–water partition coefficient (Wildman–Crippen LogP) is 3.99. The summed E-state index contributed by atoms with van der Waals surface area (Å²) < 4.78 is 38.3. The van der Waals surface area contributed by atoms with Gasteiger partial charge in [0.15, 0.2) is 17.5 Å². The van der Waals surface area contributed by atoms with E-state index in [0.717, 1.165) is 12.1 Å². The molecule has 0 aliphatic rings. The van der Waals surface area contributed by atoms with Gasteiger partial charge in [0.2, 0.25) is 0 Å². The molecule has 14 heavy (non-hydrogen) atoms. The van der Waals surface area contributed by atoms with Gasteiger partial charge < -0.3 is 0 Å². The van der Waals surface area contributed by atoms with Gasteiger partial charge in [-0.1, -0.05) is 29.8 Å². The molecule has 78 valence electrons. The molecule has 0 N–H and O–H groups in total. The van der Waals surface area contributed by atoms with Gasteiger partial charge in [-0.25, -0.2) is 13.2 Å². The van der Waals surface area contributed by atoms with Crippen molar-refractivity contribution in [2.45, 2.75) is 24.6 Å². The maximum absolute atomic E-state index is 12.8. The normalized spacial score (nSPS) is 15.3. The lowest BCUT2D eigenvalue weighted by molar-refractivity contribution is 0.444. The molecule has 0 spiro atoms. The van der Waals surface area contributed by atoms with Crippen LogP contribution in [-0.4, -0.2) is 4.83 Å². The minimum atomic E-state index is -1.41. The largest absolute Gasteiger partial charge is 0.204 e. The summed E-state index contributed by atoms with van der Waals surface area (Å²) in [6, 6.07) is 2.06. The maximum atomic E-state index is 12.8. The van der Waals surface area contributed by atoms with Crippen LogP contribution in [0.3, 0.4) is 0 Å². The van der Waals surface area contributed by atoms with E-state index in [0.29, 0.717) is 5.56 Å². The van der Waals surface area contributed by atoms with E-state index in [1.165, 1.54) is 0 Å². The first-order valence-corrected chi connectivity index (χ1v) is 5.13. The highest BCUT2D eigenvalue weighted by Gasteiger charge is 2.16. The molecular weight excluding hydrogens is 257 g/mol. The fourth-order valence-corrected chi connectivity index (χ4v) is 1.41. The van der Waals surface area contributed by atoms with E-state index in [-0.39, 0.29) is 10.7 Å². The SMILES string of the molecule is CC(Br)C(C)c1cc(F)c(F)c(F)c1. The zero-order valence-electron chi connectivity index (χ0n) is 7.82. The standard InChI is InChI=1S/C10H10BrF3/c1-5(6(2)11)7-3-8(12)10(14)9(13)4-7/h3-6H,1-2H3. The van der Waals surface area contributed by atoms with Crippen molar-refractivity contribution in [3.63, 3.8) is 0 Å². The summed E-state index contributed by atoms with van der Waals surface area (Å²) in [4.78, 5) is 0.0757. The summed E-state index contributed by atoms with van der Waals surface area (Å²) in [5, 5.41) is 0. The van der Waals surface area contributed by atoms with Crippen molar-refractivity contribution in [1.29, 1.82) is 0 Å². The lowest BCUT2D eigenvalue weighted by atomic mass is 9.98. The van der Waals surface area contributed by atoms with Crippen LogP contribution in [0.5, 0.6) is 0 Å². The van der Waals surface area contributed by atoms with E-state index in [1.807, 2.05) is 13.8 Å². The van der Waals surface area contributed by atoms with Crippen molar-refractivity contribution in [3.05, 3.63) is 35.1 Å². The van der Waals surface area contributed by atoms with Gasteiger partial charge in [0.1, 0.15) is 0 Å². The van der Waals surface area contributed by atoms with Gasteiger partial charge in [-0.2, -0.15) is 0 Å². The second-order valence-electron chi connectivity index (χ2n) is 3.26. The molecule has 0 heterocycles. The average Bonchev–Trinajstić information content (AvgIpc) is 2.12. The van der Waals surface area contributed by atoms with Crippen LogP contribution in [0, 0.1) is 17.5 Å². The van der Waals surface area contributed by atoms with E-state index >= 15 is 0 Å². The van der Waals surface area contributed by atoms with Gasteiger partial charge in [-0.3, -0.25) is 0 Å². The molecule has 1 aromatic carbocycles. The molecule has 0 radical (unpaired) electrons. The van der Waals surface area contributed by atoms with Crippen molar-refractivity contribution in [2.75, 3.05) is 0 Å². The maximum Gasteiger partial charge on any atom is 0.194 e. The van der Waals surface area contributed by atoms with Crippen LogP contribution in [0.1, 0.15) is 25.3 Å². The molecule has 0 aliphatic carbocycles. The Morgan fingerprint density at radius 3 is 1.86 bits per heavy atom. The van der Waals surface area contributed by atoms with Crippen LogP contribution >= 0.6 is 15.9 Å². The zero-order chi connectivity index (χ0) is 10.9. The molecular formula is C10H10BrF3. The number of halogens is 4. The first-order valence-electron chi connectivity index (χ1n) is 4.22. The van der Waals surface area contributed by atoms with Crippen molar-refractivity contribution < 1.29 is 13.2 Å². The topological polar surface area (TPSA) is 0 Å². The van der Waals surface area contributed by atoms with Gasteiger partial charge in [-0.05, 0) is 23.6 Å². The minimum absolute atomic E-state index is 0.0698. The van der Waals surface area contributed by atoms with Gasteiger partial charge >= 0.3 is 0 Å². The predicted molar refractivity (Wildman–Crippen MR) is 53.1 cm³/mol. The third-order valence-corrected chi connectivity index (χ3v) is 3.01. The Bertz CT molecular complexity index is 313. The monoisotopic (exact) mass is 266 g/mol. The Kier molecular flexibility index (Phi) is 3.59. The fraction of sp³-hybridized carbons (Fsp3) is 0.400. The van der Waals surface area contributed by atoms with Crippen LogP contribution in [0.2, 0.25) is 0 Å². The fourth-order valence-electron chi connectivity index (χ4n) is 1.10. The molecule has 0 saturated carbocycles. The molecule has 1 aromatic rings. The summed E-state index contributed by atoms with van der Waals surface area (Å²) in [7, 11) is 0. The minimum Gasteiger partial charge on any atom is -0.204 e. The van der Waals surface area contributed by atoms with Crippen molar-refractivity contribution in [3.8, 4) is 0 Å². The summed E-state index contributed by atoms with van der Waals surface area (Å²) in [5.74, 6) is -3.76. The molecule has 1 rings (SSSR count). The van der Waals surface area contributed by atoms with Gasteiger partial charge in [-0.15, -0.1) is 0 Å². The molecule has 0 fully saturated rings. The average molecular weight is 267 g/mol. The Morgan fingerprint density at radius 2 is 1.50 bits per heavy atom. The molecule has 4 heteroatoms. The molecule has 0 aromatic heterocycles. The van der Waals surface area contributed by atoms with Crippen LogP contribution in [0.4, 0.5) is 13.2 Å². The Balaban J connectivity index is 3.12. The highest BCUT2D eigenvalue weighted by atomic mass is 79.9. The number of hydrogen-bond acceptors (Lipinski definition) is 0. The lowest BCUT2D eigenvalue weighted by Crippen LogP contribution is -2.06. The Morgan fingerprint density at radius 1 is 1.07 bits per heavy atom. The van der Waals surface area contributed by atoms with Crippen LogP contribution in [0.25, 0.3) is 0 Å². The number of hydrogen-bond donors (Lipinski definition) is 0. The third-order valence-electron chi connectivity index (χ3n) is 2.22. The Labute approximate surface area is 89.3 Å². The van der Waals surface area contributed by atoms with E-state index in [2.05, 4.69) is 15.9 Å². The summed E-state index contributed by atoms with van der Waals surface area (Å²) in [5.41, 5.74) is 0.450. The second kappa shape index (κ2) is 4.34. The lowest BCUT2D eigenvalue weighted by Gasteiger charge is -2.14. The molecule has 0 nitrogen and oxygen atoms in total. The molecule has 2 unspecified atom stereocenters.